The smallest absolute Gasteiger partial charge is 0.338 e. The Balaban J connectivity index is 2.91. The number of unbranched alkanes of at least 4 members (excludes halogenated alkanes) is 1. The van der Waals surface area contributed by atoms with Gasteiger partial charge < -0.3 is 14.2 Å². The third-order valence-electron chi connectivity index (χ3n) is 2.44. The third kappa shape index (κ3) is 5.20. The maximum atomic E-state index is 11.6. The summed E-state index contributed by atoms with van der Waals surface area (Å²) in [6, 6.07) is 5.13. The summed E-state index contributed by atoms with van der Waals surface area (Å²) in [5, 5.41) is 0. The van der Waals surface area contributed by atoms with Crippen LogP contribution < -0.4 is 9.47 Å². The van der Waals surface area contributed by atoms with E-state index >= 15 is 0 Å². The summed E-state index contributed by atoms with van der Waals surface area (Å²) < 4.78 is 16.0. The Morgan fingerprint density at radius 1 is 1.21 bits per heavy atom. The van der Waals surface area contributed by atoms with Gasteiger partial charge in [0.15, 0.2) is 0 Å². The molecule has 4 nitrogen and oxygen atoms in total. The fourth-order valence-electron chi connectivity index (χ4n) is 1.57. The Labute approximate surface area is 114 Å². The van der Waals surface area contributed by atoms with Gasteiger partial charge in [0.25, 0.3) is 0 Å². The molecule has 0 aromatic heterocycles. The minimum atomic E-state index is -0.394. The molecule has 0 N–H and O–H groups in total. The molecule has 0 amide bonds. The van der Waals surface area contributed by atoms with Crippen LogP contribution in [0, 0.1) is 0 Å². The number of methoxy groups -OCH3 is 1. The molecule has 0 fully saturated rings. The maximum absolute atomic E-state index is 11.6. The van der Waals surface area contributed by atoms with Crippen LogP contribution in [0.4, 0.5) is 0 Å². The molecule has 0 radical (unpaired) electrons. The first kappa shape index (κ1) is 15.3. The van der Waals surface area contributed by atoms with E-state index in [1.807, 2.05) is 13.8 Å². The Morgan fingerprint density at radius 3 is 2.47 bits per heavy atom. The number of rotatable bonds is 7. The fraction of sp³-hybridized carbons (Fsp3) is 0.533. The molecule has 0 aliphatic carbocycles. The average molecular weight is 266 g/mol. The Kier molecular flexibility index (Phi) is 6.19. The second-order valence-corrected chi connectivity index (χ2v) is 4.55. The predicted octanol–water partition coefficient (Wildman–Crippen LogP) is 3.44. The van der Waals surface area contributed by atoms with Gasteiger partial charge in [0.1, 0.15) is 11.5 Å². The van der Waals surface area contributed by atoms with E-state index in [2.05, 4.69) is 6.92 Å². The molecule has 0 bridgehead atoms. The molecule has 0 saturated heterocycles. The number of hydrogen-bond donors (Lipinski definition) is 0. The zero-order valence-corrected chi connectivity index (χ0v) is 12.1. The molecule has 0 unspecified atom stereocenters. The second kappa shape index (κ2) is 7.67. The monoisotopic (exact) mass is 266 g/mol. The van der Waals surface area contributed by atoms with Gasteiger partial charge in [-0.3, -0.25) is 0 Å². The number of hydrogen-bond acceptors (Lipinski definition) is 4. The molecule has 1 aromatic carbocycles. The second-order valence-electron chi connectivity index (χ2n) is 4.55. The van der Waals surface area contributed by atoms with Crippen LogP contribution in [0.5, 0.6) is 11.5 Å². The van der Waals surface area contributed by atoms with Crippen molar-refractivity contribution in [2.75, 3.05) is 13.7 Å². The van der Waals surface area contributed by atoms with E-state index in [0.717, 1.165) is 12.8 Å². The van der Waals surface area contributed by atoms with Gasteiger partial charge >= 0.3 is 5.97 Å². The summed E-state index contributed by atoms with van der Waals surface area (Å²) in [6.07, 6.45) is 2.07. The highest BCUT2D eigenvalue weighted by Gasteiger charge is 2.11. The quantitative estimate of drug-likeness (QED) is 0.560. The molecule has 0 heterocycles. The maximum Gasteiger partial charge on any atom is 0.338 e. The van der Waals surface area contributed by atoms with E-state index < -0.39 is 5.97 Å². The van der Waals surface area contributed by atoms with Crippen molar-refractivity contribution < 1.29 is 19.0 Å². The van der Waals surface area contributed by atoms with E-state index in [-0.39, 0.29) is 6.10 Å². The third-order valence-corrected chi connectivity index (χ3v) is 2.44. The highest BCUT2D eigenvalue weighted by Crippen LogP contribution is 2.24. The van der Waals surface area contributed by atoms with Crippen LogP contribution in [-0.2, 0) is 4.74 Å². The molecule has 0 aliphatic heterocycles. The van der Waals surface area contributed by atoms with Crippen molar-refractivity contribution >= 4 is 5.97 Å². The van der Waals surface area contributed by atoms with Crippen LogP contribution in [0.1, 0.15) is 44.0 Å². The van der Waals surface area contributed by atoms with E-state index in [1.54, 1.807) is 18.2 Å². The van der Waals surface area contributed by atoms with Gasteiger partial charge in [-0.25, -0.2) is 4.79 Å². The number of benzene rings is 1. The van der Waals surface area contributed by atoms with Crippen molar-refractivity contribution in [3.05, 3.63) is 23.8 Å². The number of carbonyl (C=O) groups excluding carboxylic acids is 1. The van der Waals surface area contributed by atoms with E-state index in [4.69, 9.17) is 14.2 Å². The first-order valence-electron chi connectivity index (χ1n) is 6.59. The minimum absolute atomic E-state index is 0.0383. The van der Waals surface area contributed by atoms with Crippen LogP contribution in [-0.4, -0.2) is 25.8 Å². The first-order valence-corrected chi connectivity index (χ1v) is 6.59. The van der Waals surface area contributed by atoms with Crippen LogP contribution in [0.15, 0.2) is 18.2 Å². The zero-order valence-electron chi connectivity index (χ0n) is 12.1. The van der Waals surface area contributed by atoms with Gasteiger partial charge in [0, 0.05) is 6.07 Å². The molecule has 19 heavy (non-hydrogen) atoms. The highest BCUT2D eigenvalue weighted by atomic mass is 16.5. The van der Waals surface area contributed by atoms with Crippen LogP contribution in [0.2, 0.25) is 0 Å². The molecule has 0 aliphatic rings. The molecule has 4 heteroatoms. The van der Waals surface area contributed by atoms with Gasteiger partial charge in [-0.1, -0.05) is 13.3 Å². The lowest BCUT2D eigenvalue weighted by molar-refractivity contribution is 0.0599. The minimum Gasteiger partial charge on any atom is -0.493 e. The summed E-state index contributed by atoms with van der Waals surface area (Å²) in [5.74, 6) is 0.853. The lowest BCUT2D eigenvalue weighted by Gasteiger charge is -2.13. The first-order chi connectivity index (χ1) is 9.06. The molecule has 1 rings (SSSR count). The topological polar surface area (TPSA) is 44.8 Å². The standard InChI is InChI=1S/C15H22O4/c1-5-6-7-18-13-8-12(15(16)17-4)9-14(10-13)19-11(2)3/h8-11H,5-7H2,1-4H3. The Bertz CT molecular complexity index is 413. The van der Waals surface area contributed by atoms with E-state index in [0.29, 0.717) is 23.7 Å². The summed E-state index contributed by atoms with van der Waals surface area (Å²) in [7, 11) is 1.36. The molecule has 0 atom stereocenters. The van der Waals surface area contributed by atoms with Crippen molar-refractivity contribution in [1.82, 2.24) is 0 Å². The fourth-order valence-corrected chi connectivity index (χ4v) is 1.57. The number of carbonyl (C=O) groups is 1. The zero-order chi connectivity index (χ0) is 14.3. The SMILES string of the molecule is CCCCOc1cc(OC(C)C)cc(C(=O)OC)c1. The van der Waals surface area contributed by atoms with Crippen molar-refractivity contribution in [1.29, 1.82) is 0 Å². The molecular weight excluding hydrogens is 244 g/mol. The predicted molar refractivity (Wildman–Crippen MR) is 73.9 cm³/mol. The molecule has 1 aromatic rings. The van der Waals surface area contributed by atoms with Gasteiger partial charge in [0.2, 0.25) is 0 Å². The normalized spacial score (nSPS) is 10.4. The highest BCUT2D eigenvalue weighted by molar-refractivity contribution is 5.90. The summed E-state index contributed by atoms with van der Waals surface area (Å²) in [4.78, 5) is 11.6. The number of esters is 1. The summed E-state index contributed by atoms with van der Waals surface area (Å²) in [5.41, 5.74) is 0.437. The van der Waals surface area contributed by atoms with Crippen molar-refractivity contribution in [3.8, 4) is 11.5 Å². The van der Waals surface area contributed by atoms with E-state index in [9.17, 15) is 4.79 Å². The van der Waals surface area contributed by atoms with E-state index in [1.165, 1.54) is 7.11 Å². The average Bonchev–Trinajstić information content (AvgIpc) is 2.37. The molecule has 0 saturated carbocycles. The van der Waals surface area contributed by atoms with Gasteiger partial charge in [0.05, 0.1) is 25.4 Å². The Morgan fingerprint density at radius 2 is 1.89 bits per heavy atom. The van der Waals surface area contributed by atoms with Crippen LogP contribution in [0.25, 0.3) is 0 Å². The number of ether oxygens (including phenoxy) is 3. The molecule has 106 valence electrons. The summed E-state index contributed by atoms with van der Waals surface area (Å²) >= 11 is 0. The lowest BCUT2D eigenvalue weighted by atomic mass is 10.2. The lowest BCUT2D eigenvalue weighted by Crippen LogP contribution is -2.08. The van der Waals surface area contributed by atoms with Crippen molar-refractivity contribution in [3.63, 3.8) is 0 Å². The van der Waals surface area contributed by atoms with Gasteiger partial charge in [-0.05, 0) is 32.4 Å². The largest absolute Gasteiger partial charge is 0.493 e. The van der Waals surface area contributed by atoms with Crippen molar-refractivity contribution in [2.45, 2.75) is 39.7 Å². The molecular formula is C15H22O4. The van der Waals surface area contributed by atoms with Gasteiger partial charge in [-0.2, -0.15) is 0 Å². The Hall–Kier alpha value is -1.71. The van der Waals surface area contributed by atoms with Crippen molar-refractivity contribution in [2.24, 2.45) is 0 Å². The molecule has 0 spiro atoms. The summed E-state index contributed by atoms with van der Waals surface area (Å²) in [6.45, 7) is 6.59. The van der Waals surface area contributed by atoms with Crippen LogP contribution in [0.3, 0.4) is 0 Å². The van der Waals surface area contributed by atoms with Crippen LogP contribution >= 0.6 is 0 Å². The van der Waals surface area contributed by atoms with Gasteiger partial charge in [-0.15, -0.1) is 0 Å².